The van der Waals surface area contributed by atoms with Crippen LogP contribution in [0.2, 0.25) is 0 Å². The number of esters is 1. The Labute approximate surface area is 208 Å². The van der Waals surface area contributed by atoms with E-state index in [1.54, 1.807) is 72.8 Å². The zero-order chi connectivity index (χ0) is 25.8. The lowest BCUT2D eigenvalue weighted by Crippen LogP contribution is -2.29. The van der Waals surface area contributed by atoms with E-state index in [0.717, 1.165) is 0 Å². The van der Waals surface area contributed by atoms with E-state index in [4.69, 9.17) is 14.2 Å². The minimum Gasteiger partial charge on any atom is -0.507 e. The lowest BCUT2D eigenvalue weighted by Gasteiger charge is -2.25. The molecule has 1 fully saturated rings. The van der Waals surface area contributed by atoms with Gasteiger partial charge in [0.25, 0.3) is 11.7 Å². The van der Waals surface area contributed by atoms with Gasteiger partial charge < -0.3 is 19.3 Å². The van der Waals surface area contributed by atoms with Crippen LogP contribution in [0, 0.1) is 0 Å². The minimum absolute atomic E-state index is 0.0651. The van der Waals surface area contributed by atoms with E-state index in [0.29, 0.717) is 40.7 Å². The lowest BCUT2D eigenvalue weighted by atomic mass is 9.95. The molecule has 0 aromatic heterocycles. The Morgan fingerprint density at radius 3 is 2.22 bits per heavy atom. The van der Waals surface area contributed by atoms with Crippen molar-refractivity contribution >= 4 is 29.1 Å². The Balaban J connectivity index is 1.87. The largest absolute Gasteiger partial charge is 0.507 e. The van der Waals surface area contributed by atoms with Crippen LogP contribution in [0.25, 0.3) is 5.76 Å². The summed E-state index contributed by atoms with van der Waals surface area (Å²) < 4.78 is 15.9. The van der Waals surface area contributed by atoms with E-state index in [1.807, 2.05) is 6.92 Å². The number of carbonyl (C=O) groups is 3. The molecule has 0 saturated carbocycles. The second-order valence-electron chi connectivity index (χ2n) is 7.99. The first-order chi connectivity index (χ1) is 17.3. The fourth-order valence-corrected chi connectivity index (χ4v) is 4.10. The molecule has 1 aliphatic rings. The van der Waals surface area contributed by atoms with Crippen molar-refractivity contribution in [1.29, 1.82) is 0 Å². The summed E-state index contributed by atoms with van der Waals surface area (Å²) in [7, 11) is 1.53. The van der Waals surface area contributed by atoms with Gasteiger partial charge in [-0.3, -0.25) is 19.3 Å². The molecule has 36 heavy (non-hydrogen) atoms. The molecule has 1 amide bonds. The van der Waals surface area contributed by atoms with Gasteiger partial charge in [-0.2, -0.15) is 0 Å². The van der Waals surface area contributed by atoms with Crippen molar-refractivity contribution < 1.29 is 33.7 Å². The van der Waals surface area contributed by atoms with E-state index < -0.39 is 23.7 Å². The third-order valence-corrected chi connectivity index (χ3v) is 5.67. The van der Waals surface area contributed by atoms with Crippen LogP contribution in [0.5, 0.6) is 17.2 Å². The van der Waals surface area contributed by atoms with E-state index in [-0.39, 0.29) is 11.3 Å². The highest BCUT2D eigenvalue weighted by Crippen LogP contribution is 2.43. The average molecular weight is 488 g/mol. The van der Waals surface area contributed by atoms with Gasteiger partial charge in [0, 0.05) is 18.2 Å². The number of amides is 1. The van der Waals surface area contributed by atoms with Gasteiger partial charge in [-0.05, 0) is 61.0 Å². The smallest absolute Gasteiger partial charge is 0.308 e. The van der Waals surface area contributed by atoms with Crippen LogP contribution in [-0.2, 0) is 14.4 Å². The van der Waals surface area contributed by atoms with Crippen molar-refractivity contribution in [3.63, 3.8) is 0 Å². The van der Waals surface area contributed by atoms with E-state index >= 15 is 0 Å². The first kappa shape index (κ1) is 24.5. The number of hydrogen-bond acceptors (Lipinski definition) is 7. The number of benzene rings is 3. The topological polar surface area (TPSA) is 102 Å². The predicted octanol–water partition coefficient (Wildman–Crippen LogP) is 4.65. The van der Waals surface area contributed by atoms with Crippen molar-refractivity contribution in [2.24, 2.45) is 0 Å². The zero-order valence-electron chi connectivity index (χ0n) is 20.1. The maximum Gasteiger partial charge on any atom is 0.308 e. The first-order valence-corrected chi connectivity index (χ1v) is 11.3. The molecule has 1 saturated heterocycles. The molecule has 184 valence electrons. The predicted molar refractivity (Wildman–Crippen MR) is 133 cm³/mol. The van der Waals surface area contributed by atoms with Crippen molar-refractivity contribution in [3.05, 3.63) is 89.5 Å². The maximum absolute atomic E-state index is 13.3. The van der Waals surface area contributed by atoms with Gasteiger partial charge in [0.05, 0.1) is 25.3 Å². The molecule has 0 aliphatic carbocycles. The SMILES string of the molecule is CCOc1cccc(/C(O)=C2/C(=O)C(=O)N(c3ccc(OC)cc3)C2c2ccc(OC(C)=O)cc2)c1. The Bertz CT molecular complexity index is 1330. The first-order valence-electron chi connectivity index (χ1n) is 11.3. The van der Waals surface area contributed by atoms with Crippen LogP contribution < -0.4 is 19.1 Å². The number of nitrogens with zero attached hydrogens (tertiary/aromatic N) is 1. The number of aliphatic hydroxyl groups excluding tert-OH is 1. The van der Waals surface area contributed by atoms with E-state index in [9.17, 15) is 19.5 Å². The second kappa shape index (κ2) is 10.4. The molecule has 0 bridgehead atoms. The summed E-state index contributed by atoms with van der Waals surface area (Å²) in [6.45, 7) is 3.57. The number of carbonyl (C=O) groups excluding carboxylic acids is 3. The molecule has 0 spiro atoms. The summed E-state index contributed by atoms with van der Waals surface area (Å²) in [5.41, 5.74) is 1.28. The number of hydrogen-bond donors (Lipinski definition) is 1. The molecule has 1 heterocycles. The zero-order valence-corrected chi connectivity index (χ0v) is 20.1. The third kappa shape index (κ3) is 4.79. The van der Waals surface area contributed by atoms with Crippen molar-refractivity contribution in [1.82, 2.24) is 0 Å². The monoisotopic (exact) mass is 487 g/mol. The van der Waals surface area contributed by atoms with Crippen molar-refractivity contribution in [2.75, 3.05) is 18.6 Å². The fourth-order valence-electron chi connectivity index (χ4n) is 4.10. The van der Waals surface area contributed by atoms with Crippen LogP contribution in [0.1, 0.15) is 31.0 Å². The molecule has 3 aromatic rings. The van der Waals surface area contributed by atoms with Gasteiger partial charge in [0.1, 0.15) is 23.0 Å². The summed E-state index contributed by atoms with van der Waals surface area (Å²) in [6.07, 6.45) is 0. The summed E-state index contributed by atoms with van der Waals surface area (Å²) >= 11 is 0. The van der Waals surface area contributed by atoms with Crippen LogP contribution in [-0.4, -0.2) is 36.5 Å². The Kier molecular flexibility index (Phi) is 7.05. The van der Waals surface area contributed by atoms with Gasteiger partial charge in [-0.1, -0.05) is 24.3 Å². The highest BCUT2D eigenvalue weighted by atomic mass is 16.5. The quantitative estimate of drug-likeness (QED) is 0.170. The third-order valence-electron chi connectivity index (χ3n) is 5.67. The molecule has 0 radical (unpaired) electrons. The van der Waals surface area contributed by atoms with Crippen LogP contribution in [0.15, 0.2) is 78.4 Å². The number of aliphatic hydroxyl groups is 1. The molecule has 1 atom stereocenters. The fraction of sp³-hybridized carbons (Fsp3) is 0.179. The number of anilines is 1. The molecule has 1 aliphatic heterocycles. The van der Waals surface area contributed by atoms with Crippen molar-refractivity contribution in [3.8, 4) is 17.2 Å². The molecular formula is C28H25NO7. The van der Waals surface area contributed by atoms with Crippen LogP contribution in [0.4, 0.5) is 5.69 Å². The summed E-state index contributed by atoms with van der Waals surface area (Å²) in [5.74, 6) is -0.965. The molecular weight excluding hydrogens is 462 g/mol. The minimum atomic E-state index is -0.930. The molecule has 3 aromatic carbocycles. The number of ketones is 1. The highest BCUT2D eigenvalue weighted by molar-refractivity contribution is 6.51. The molecule has 1 unspecified atom stereocenters. The number of rotatable bonds is 7. The Hall–Kier alpha value is -4.59. The standard InChI is InChI=1S/C28H25NO7/c1-4-35-23-7-5-6-19(16-23)26(31)24-25(18-8-12-22(13-9-18)36-17(2)30)29(28(33)27(24)32)20-10-14-21(34-3)15-11-20/h5-16,25,31H,4H2,1-3H3/b26-24-. The van der Waals surface area contributed by atoms with Gasteiger partial charge >= 0.3 is 5.97 Å². The second-order valence-corrected chi connectivity index (χ2v) is 7.99. The maximum atomic E-state index is 13.3. The number of ether oxygens (including phenoxy) is 3. The average Bonchev–Trinajstić information content (AvgIpc) is 3.14. The molecule has 8 nitrogen and oxygen atoms in total. The van der Waals surface area contributed by atoms with Gasteiger partial charge in [0.15, 0.2) is 0 Å². The Morgan fingerprint density at radius 1 is 0.944 bits per heavy atom. The van der Waals surface area contributed by atoms with Crippen molar-refractivity contribution in [2.45, 2.75) is 19.9 Å². The number of Topliss-reactive ketones (excluding diaryl/α,β-unsaturated/α-hetero) is 1. The Morgan fingerprint density at radius 2 is 1.61 bits per heavy atom. The summed E-state index contributed by atoms with van der Waals surface area (Å²) in [5, 5.41) is 11.3. The highest BCUT2D eigenvalue weighted by Gasteiger charge is 2.47. The molecule has 4 rings (SSSR count). The van der Waals surface area contributed by atoms with E-state index in [1.165, 1.54) is 18.9 Å². The molecule has 1 N–H and O–H groups in total. The van der Waals surface area contributed by atoms with Crippen LogP contribution in [0.3, 0.4) is 0 Å². The number of methoxy groups -OCH3 is 1. The summed E-state index contributed by atoms with van der Waals surface area (Å²) in [4.78, 5) is 39.2. The molecule has 8 heteroatoms. The van der Waals surface area contributed by atoms with Gasteiger partial charge in [-0.25, -0.2) is 0 Å². The van der Waals surface area contributed by atoms with Crippen LogP contribution >= 0.6 is 0 Å². The van der Waals surface area contributed by atoms with Gasteiger partial charge in [-0.15, -0.1) is 0 Å². The van der Waals surface area contributed by atoms with E-state index in [2.05, 4.69) is 0 Å². The normalized spacial score (nSPS) is 16.6. The summed E-state index contributed by atoms with van der Waals surface area (Å²) in [6, 6.07) is 18.9. The lowest BCUT2D eigenvalue weighted by molar-refractivity contribution is -0.132. The van der Waals surface area contributed by atoms with Gasteiger partial charge in [0.2, 0.25) is 0 Å².